The van der Waals surface area contributed by atoms with Gasteiger partial charge in [-0.15, -0.1) is 16.5 Å². The number of hydrogen-bond donors (Lipinski definition) is 1. The Kier molecular flexibility index (Phi) is 5.88. The highest BCUT2D eigenvalue weighted by atomic mass is 32.1. The molecular formula is C26H21N5O2S. The maximum atomic E-state index is 13.4. The maximum Gasteiger partial charge on any atom is 0.301 e. The number of nitrogens with zero attached hydrogens (tertiary/aromatic N) is 4. The predicted molar refractivity (Wildman–Crippen MR) is 135 cm³/mol. The molecule has 0 aliphatic carbocycles. The Balaban J connectivity index is 1.58. The topological polar surface area (TPSA) is 84.6 Å². The zero-order valence-electron chi connectivity index (χ0n) is 18.6. The lowest BCUT2D eigenvalue weighted by Gasteiger charge is -2.00. The molecule has 5 aromatic rings. The molecule has 8 heteroatoms. The lowest BCUT2D eigenvalue weighted by atomic mass is 10.1. The van der Waals surface area contributed by atoms with E-state index in [1.165, 1.54) is 16.0 Å². The lowest BCUT2D eigenvalue weighted by molar-refractivity contribution is 0.415. The number of nitrogens with one attached hydrogen (secondary N) is 1. The zero-order valence-corrected chi connectivity index (χ0v) is 19.4. The van der Waals surface area contributed by atoms with Crippen LogP contribution in [0.1, 0.15) is 5.56 Å². The average Bonchev–Trinajstić information content (AvgIpc) is 3.49. The van der Waals surface area contributed by atoms with Crippen LogP contribution in [0.5, 0.6) is 5.75 Å². The molecule has 0 radical (unpaired) electrons. The normalized spacial score (nSPS) is 11.2. The van der Waals surface area contributed by atoms with E-state index in [0.29, 0.717) is 16.5 Å². The van der Waals surface area contributed by atoms with Gasteiger partial charge in [-0.05, 0) is 42.8 Å². The molecule has 1 N–H and O–H groups in total. The fourth-order valence-corrected chi connectivity index (χ4v) is 4.29. The van der Waals surface area contributed by atoms with E-state index < -0.39 is 0 Å². The molecule has 7 nitrogen and oxygen atoms in total. The Labute approximate surface area is 200 Å². The number of H-pyrrole nitrogens is 1. The van der Waals surface area contributed by atoms with Crippen LogP contribution in [0.3, 0.4) is 0 Å². The molecule has 2 heterocycles. The molecule has 0 bridgehead atoms. The number of aryl methyl sites for hydroxylation is 1. The second-order valence-electron chi connectivity index (χ2n) is 7.57. The minimum absolute atomic E-state index is 0.232. The highest BCUT2D eigenvalue weighted by molar-refractivity contribution is 7.12. The summed E-state index contributed by atoms with van der Waals surface area (Å²) >= 11 is 1.37. The smallest absolute Gasteiger partial charge is 0.301 e. The fraction of sp³-hybridized carbons (Fsp3) is 0.0769. The van der Waals surface area contributed by atoms with Gasteiger partial charge in [-0.2, -0.15) is 9.80 Å². The molecule has 0 saturated carbocycles. The average molecular weight is 468 g/mol. The summed E-state index contributed by atoms with van der Waals surface area (Å²) in [7, 11) is 1.63. The van der Waals surface area contributed by atoms with Gasteiger partial charge in [0.05, 0.1) is 24.2 Å². The standard InChI is InChI=1S/C26H21N5O2S/c1-17-8-6-7-11-21(17)28-29-24-23(19-9-4-3-5-10-19)30-31(25(24)32)26-27-22(16-34-26)18-12-14-20(33-2)15-13-18/h3-16,30H,1-2H3. The molecule has 0 amide bonds. The number of benzene rings is 3. The van der Waals surface area contributed by atoms with Crippen molar-refractivity contribution in [1.82, 2.24) is 14.8 Å². The molecule has 3 aromatic carbocycles. The summed E-state index contributed by atoms with van der Waals surface area (Å²) < 4.78 is 6.65. The van der Waals surface area contributed by atoms with Gasteiger partial charge in [-0.25, -0.2) is 4.98 Å². The summed E-state index contributed by atoms with van der Waals surface area (Å²) in [5.41, 5.74) is 4.74. The van der Waals surface area contributed by atoms with E-state index in [-0.39, 0.29) is 11.2 Å². The number of azo groups is 1. The van der Waals surface area contributed by atoms with E-state index in [0.717, 1.165) is 28.1 Å². The van der Waals surface area contributed by atoms with E-state index in [1.807, 2.05) is 91.2 Å². The van der Waals surface area contributed by atoms with Gasteiger partial charge in [0.15, 0.2) is 5.69 Å². The molecule has 0 fully saturated rings. The molecule has 0 aliphatic heterocycles. The summed E-state index contributed by atoms with van der Waals surface area (Å²) in [5, 5.41) is 14.4. The van der Waals surface area contributed by atoms with Gasteiger partial charge >= 0.3 is 5.56 Å². The van der Waals surface area contributed by atoms with Crippen molar-refractivity contribution >= 4 is 22.7 Å². The number of hydrogen-bond acceptors (Lipinski definition) is 6. The molecular weight excluding hydrogens is 446 g/mol. The van der Waals surface area contributed by atoms with Gasteiger partial charge in [0.25, 0.3) is 0 Å². The number of thiazole rings is 1. The molecule has 0 saturated heterocycles. The molecule has 0 unspecified atom stereocenters. The molecule has 2 aromatic heterocycles. The van der Waals surface area contributed by atoms with Crippen LogP contribution < -0.4 is 10.3 Å². The summed E-state index contributed by atoms with van der Waals surface area (Å²) in [6, 6.07) is 24.9. The van der Waals surface area contributed by atoms with Crippen LogP contribution in [0.15, 0.2) is 99.3 Å². The van der Waals surface area contributed by atoms with Crippen molar-refractivity contribution in [3.63, 3.8) is 0 Å². The largest absolute Gasteiger partial charge is 0.497 e. The third-order valence-electron chi connectivity index (χ3n) is 5.37. The van der Waals surface area contributed by atoms with Crippen LogP contribution in [0.25, 0.3) is 27.6 Å². The lowest BCUT2D eigenvalue weighted by Crippen LogP contribution is -2.13. The molecule has 0 aliphatic rings. The van der Waals surface area contributed by atoms with Crippen molar-refractivity contribution in [2.45, 2.75) is 6.92 Å². The highest BCUT2D eigenvalue weighted by Crippen LogP contribution is 2.30. The minimum atomic E-state index is -0.313. The molecule has 0 spiro atoms. The van der Waals surface area contributed by atoms with Crippen molar-refractivity contribution in [2.75, 3.05) is 7.11 Å². The van der Waals surface area contributed by atoms with E-state index in [2.05, 4.69) is 20.3 Å². The van der Waals surface area contributed by atoms with Crippen LogP contribution in [0, 0.1) is 6.92 Å². The van der Waals surface area contributed by atoms with Crippen LogP contribution in [0.2, 0.25) is 0 Å². The van der Waals surface area contributed by atoms with Crippen LogP contribution >= 0.6 is 11.3 Å². The Morgan fingerprint density at radius 3 is 2.38 bits per heavy atom. The van der Waals surface area contributed by atoms with E-state index in [4.69, 9.17) is 4.74 Å². The monoisotopic (exact) mass is 467 g/mol. The predicted octanol–water partition coefficient (Wildman–Crippen LogP) is 6.69. The van der Waals surface area contributed by atoms with E-state index in [1.54, 1.807) is 7.11 Å². The minimum Gasteiger partial charge on any atom is -0.497 e. The van der Waals surface area contributed by atoms with Gasteiger partial charge in [0, 0.05) is 16.5 Å². The third kappa shape index (κ3) is 4.18. The van der Waals surface area contributed by atoms with Crippen molar-refractivity contribution in [1.29, 1.82) is 0 Å². The van der Waals surface area contributed by atoms with E-state index >= 15 is 0 Å². The number of aromatic amines is 1. The van der Waals surface area contributed by atoms with Crippen LogP contribution in [0.4, 0.5) is 11.4 Å². The highest BCUT2D eigenvalue weighted by Gasteiger charge is 2.19. The molecule has 0 atom stereocenters. The van der Waals surface area contributed by atoms with Crippen LogP contribution in [-0.4, -0.2) is 21.9 Å². The Morgan fingerprint density at radius 2 is 1.65 bits per heavy atom. The summed E-state index contributed by atoms with van der Waals surface area (Å²) in [6.07, 6.45) is 0. The van der Waals surface area contributed by atoms with Crippen molar-refractivity contribution in [3.8, 4) is 33.4 Å². The number of ether oxygens (including phenoxy) is 1. The number of methoxy groups -OCH3 is 1. The number of aromatic nitrogens is 3. The van der Waals surface area contributed by atoms with Crippen molar-refractivity contribution in [3.05, 3.63) is 100 Å². The third-order valence-corrected chi connectivity index (χ3v) is 6.20. The van der Waals surface area contributed by atoms with Gasteiger partial charge in [0.2, 0.25) is 5.13 Å². The zero-order chi connectivity index (χ0) is 23.5. The first-order valence-corrected chi connectivity index (χ1v) is 11.5. The Morgan fingerprint density at radius 1 is 0.912 bits per heavy atom. The summed E-state index contributed by atoms with van der Waals surface area (Å²) in [4.78, 5) is 18.1. The van der Waals surface area contributed by atoms with Gasteiger partial charge < -0.3 is 4.74 Å². The first kappa shape index (κ1) is 21.5. The van der Waals surface area contributed by atoms with E-state index in [9.17, 15) is 4.79 Å². The molecule has 5 rings (SSSR count). The second kappa shape index (κ2) is 9.29. The summed E-state index contributed by atoms with van der Waals surface area (Å²) in [6.45, 7) is 1.96. The number of rotatable bonds is 6. The SMILES string of the molecule is COc1ccc(-c2csc(-n3[nH]c(-c4ccccc4)c(N=Nc4ccccc4C)c3=O)n2)cc1. The Bertz CT molecular complexity index is 1520. The summed E-state index contributed by atoms with van der Waals surface area (Å²) in [5.74, 6) is 0.774. The first-order valence-electron chi connectivity index (χ1n) is 10.6. The van der Waals surface area contributed by atoms with Crippen LogP contribution in [-0.2, 0) is 0 Å². The second-order valence-corrected chi connectivity index (χ2v) is 8.41. The maximum absolute atomic E-state index is 13.4. The van der Waals surface area contributed by atoms with Gasteiger partial charge in [-0.3, -0.25) is 9.89 Å². The quantitative estimate of drug-likeness (QED) is 0.282. The van der Waals surface area contributed by atoms with Crippen molar-refractivity contribution in [2.24, 2.45) is 10.2 Å². The molecule has 168 valence electrons. The van der Waals surface area contributed by atoms with Gasteiger partial charge in [0.1, 0.15) is 5.75 Å². The Hall–Kier alpha value is -4.30. The van der Waals surface area contributed by atoms with Gasteiger partial charge in [-0.1, -0.05) is 48.5 Å². The first-order chi connectivity index (χ1) is 16.6. The molecule has 34 heavy (non-hydrogen) atoms. The fourth-order valence-electron chi connectivity index (χ4n) is 3.50. The van der Waals surface area contributed by atoms with Crippen molar-refractivity contribution < 1.29 is 4.74 Å².